The standard InChI is InChI=1S/C12H17N5O2/c1-18-7-3-6-17-12(14-15-16-17)10-8-9(13)4-5-11(10)19-2/h4-5,8H,3,6-7,13H2,1-2H3. The molecule has 2 N–H and O–H groups in total. The molecule has 0 fully saturated rings. The fraction of sp³-hybridized carbons (Fsp3) is 0.417. The van der Waals surface area contributed by atoms with Crippen LogP contribution in [-0.2, 0) is 11.3 Å². The smallest absolute Gasteiger partial charge is 0.185 e. The first-order chi connectivity index (χ1) is 9.26. The minimum absolute atomic E-state index is 0.639. The molecule has 102 valence electrons. The monoisotopic (exact) mass is 263 g/mol. The number of nitrogens with zero attached hydrogens (tertiary/aromatic N) is 4. The molecule has 0 amide bonds. The Morgan fingerprint density at radius 2 is 2.16 bits per heavy atom. The third-order valence-electron chi connectivity index (χ3n) is 2.71. The summed E-state index contributed by atoms with van der Waals surface area (Å²) in [6, 6.07) is 5.39. The number of aromatic nitrogens is 4. The van der Waals surface area contributed by atoms with Crippen molar-refractivity contribution in [2.24, 2.45) is 0 Å². The maximum Gasteiger partial charge on any atom is 0.185 e. The predicted molar refractivity (Wildman–Crippen MR) is 70.7 cm³/mol. The third-order valence-corrected chi connectivity index (χ3v) is 2.71. The van der Waals surface area contributed by atoms with Gasteiger partial charge in [-0.15, -0.1) is 5.10 Å². The molecule has 0 unspecified atom stereocenters. The van der Waals surface area contributed by atoms with Crippen LogP contribution in [0, 0.1) is 0 Å². The van der Waals surface area contributed by atoms with Crippen LogP contribution < -0.4 is 10.5 Å². The molecular weight excluding hydrogens is 246 g/mol. The number of hydrogen-bond donors (Lipinski definition) is 1. The zero-order chi connectivity index (χ0) is 13.7. The molecule has 2 aromatic rings. The first-order valence-corrected chi connectivity index (χ1v) is 5.95. The summed E-state index contributed by atoms with van der Waals surface area (Å²) in [5.41, 5.74) is 7.23. The predicted octanol–water partition coefficient (Wildman–Crippen LogP) is 0.967. The van der Waals surface area contributed by atoms with Crippen LogP contribution in [0.4, 0.5) is 5.69 Å². The SMILES string of the molecule is COCCCn1nnnc1-c1cc(N)ccc1OC. The van der Waals surface area contributed by atoms with Gasteiger partial charge in [-0.3, -0.25) is 0 Å². The van der Waals surface area contributed by atoms with Gasteiger partial charge in [0.25, 0.3) is 0 Å². The van der Waals surface area contributed by atoms with Crippen LogP contribution >= 0.6 is 0 Å². The van der Waals surface area contributed by atoms with Gasteiger partial charge in [-0.05, 0) is 35.0 Å². The van der Waals surface area contributed by atoms with Crippen LogP contribution in [0.1, 0.15) is 6.42 Å². The molecule has 0 radical (unpaired) electrons. The van der Waals surface area contributed by atoms with E-state index in [1.54, 1.807) is 37.1 Å². The second-order valence-electron chi connectivity index (χ2n) is 4.03. The summed E-state index contributed by atoms with van der Waals surface area (Å²) < 4.78 is 12.1. The summed E-state index contributed by atoms with van der Waals surface area (Å²) in [4.78, 5) is 0. The lowest BCUT2D eigenvalue weighted by Gasteiger charge is -2.09. The highest BCUT2D eigenvalue weighted by molar-refractivity contribution is 5.68. The Bertz CT molecular complexity index is 541. The first kappa shape index (κ1) is 13.3. The molecule has 19 heavy (non-hydrogen) atoms. The summed E-state index contributed by atoms with van der Waals surface area (Å²) in [6.45, 7) is 1.33. The van der Waals surface area contributed by atoms with Gasteiger partial charge in [0.15, 0.2) is 5.82 Å². The normalized spacial score (nSPS) is 10.6. The molecule has 1 aromatic carbocycles. The minimum Gasteiger partial charge on any atom is -0.496 e. The number of anilines is 1. The largest absolute Gasteiger partial charge is 0.496 e. The number of hydrogen-bond acceptors (Lipinski definition) is 6. The quantitative estimate of drug-likeness (QED) is 0.617. The van der Waals surface area contributed by atoms with Gasteiger partial charge in [-0.2, -0.15) is 0 Å². The summed E-state index contributed by atoms with van der Waals surface area (Å²) in [5, 5.41) is 11.7. The summed E-state index contributed by atoms with van der Waals surface area (Å²) >= 11 is 0. The number of methoxy groups -OCH3 is 2. The Balaban J connectivity index is 2.31. The van der Waals surface area contributed by atoms with Crippen molar-refractivity contribution in [2.45, 2.75) is 13.0 Å². The molecule has 0 aliphatic carbocycles. The van der Waals surface area contributed by atoms with Gasteiger partial charge >= 0.3 is 0 Å². The maximum atomic E-state index is 5.81. The van der Waals surface area contributed by atoms with E-state index in [0.29, 0.717) is 30.4 Å². The van der Waals surface area contributed by atoms with Crippen molar-refractivity contribution >= 4 is 5.69 Å². The van der Waals surface area contributed by atoms with Crippen molar-refractivity contribution in [3.63, 3.8) is 0 Å². The molecule has 7 heteroatoms. The fourth-order valence-electron chi connectivity index (χ4n) is 1.81. The lowest BCUT2D eigenvalue weighted by atomic mass is 10.1. The highest BCUT2D eigenvalue weighted by Gasteiger charge is 2.14. The van der Waals surface area contributed by atoms with Crippen LogP contribution in [0.25, 0.3) is 11.4 Å². The Kier molecular flexibility index (Phi) is 4.30. The summed E-state index contributed by atoms with van der Waals surface area (Å²) in [6.07, 6.45) is 0.833. The van der Waals surface area contributed by atoms with E-state index in [2.05, 4.69) is 15.5 Å². The molecule has 0 spiro atoms. The minimum atomic E-state index is 0.639. The zero-order valence-corrected chi connectivity index (χ0v) is 11.0. The second kappa shape index (κ2) is 6.14. The van der Waals surface area contributed by atoms with Crippen LogP contribution in [0.5, 0.6) is 5.75 Å². The van der Waals surface area contributed by atoms with Crippen LogP contribution in [0.2, 0.25) is 0 Å². The van der Waals surface area contributed by atoms with E-state index < -0.39 is 0 Å². The van der Waals surface area contributed by atoms with Gasteiger partial charge in [0.2, 0.25) is 0 Å². The van der Waals surface area contributed by atoms with Crippen molar-refractivity contribution in [2.75, 3.05) is 26.6 Å². The van der Waals surface area contributed by atoms with Crippen LogP contribution in [-0.4, -0.2) is 41.0 Å². The fourth-order valence-corrected chi connectivity index (χ4v) is 1.81. The lowest BCUT2D eigenvalue weighted by Crippen LogP contribution is -2.06. The molecule has 1 aromatic heterocycles. The van der Waals surface area contributed by atoms with Crippen molar-refractivity contribution in [3.8, 4) is 17.1 Å². The van der Waals surface area contributed by atoms with E-state index in [1.807, 2.05) is 0 Å². The van der Waals surface area contributed by atoms with Gasteiger partial charge in [-0.1, -0.05) is 0 Å². The van der Waals surface area contributed by atoms with E-state index in [9.17, 15) is 0 Å². The van der Waals surface area contributed by atoms with E-state index >= 15 is 0 Å². The van der Waals surface area contributed by atoms with Crippen molar-refractivity contribution in [1.29, 1.82) is 0 Å². The molecule has 2 rings (SSSR count). The number of nitrogen functional groups attached to an aromatic ring is 1. The van der Waals surface area contributed by atoms with Gasteiger partial charge < -0.3 is 15.2 Å². The topological polar surface area (TPSA) is 88.1 Å². The van der Waals surface area contributed by atoms with Crippen molar-refractivity contribution in [3.05, 3.63) is 18.2 Å². The molecule has 0 saturated heterocycles. The summed E-state index contributed by atoms with van der Waals surface area (Å²) in [7, 11) is 3.27. The molecular formula is C12H17N5O2. The first-order valence-electron chi connectivity index (χ1n) is 5.95. The van der Waals surface area contributed by atoms with E-state index in [4.69, 9.17) is 15.2 Å². The average Bonchev–Trinajstić information content (AvgIpc) is 2.87. The molecule has 0 aliphatic heterocycles. The van der Waals surface area contributed by atoms with Gasteiger partial charge in [0.05, 0.1) is 12.7 Å². The van der Waals surface area contributed by atoms with Crippen molar-refractivity contribution < 1.29 is 9.47 Å². The second-order valence-corrected chi connectivity index (χ2v) is 4.03. The third kappa shape index (κ3) is 3.00. The zero-order valence-electron chi connectivity index (χ0n) is 11.0. The number of nitrogens with two attached hydrogens (primary N) is 1. The molecule has 0 bridgehead atoms. The van der Waals surface area contributed by atoms with Crippen LogP contribution in [0.15, 0.2) is 18.2 Å². The maximum absolute atomic E-state index is 5.81. The van der Waals surface area contributed by atoms with Gasteiger partial charge in [0, 0.05) is 25.9 Å². The molecule has 1 heterocycles. The van der Waals surface area contributed by atoms with E-state index in [-0.39, 0.29) is 0 Å². The number of benzene rings is 1. The van der Waals surface area contributed by atoms with E-state index in [0.717, 1.165) is 12.0 Å². The van der Waals surface area contributed by atoms with Crippen LogP contribution in [0.3, 0.4) is 0 Å². The number of aryl methyl sites for hydroxylation is 1. The number of ether oxygens (including phenoxy) is 2. The summed E-state index contributed by atoms with van der Waals surface area (Å²) in [5.74, 6) is 1.33. The lowest BCUT2D eigenvalue weighted by molar-refractivity contribution is 0.189. The molecule has 7 nitrogen and oxygen atoms in total. The van der Waals surface area contributed by atoms with Crippen molar-refractivity contribution in [1.82, 2.24) is 20.2 Å². The van der Waals surface area contributed by atoms with E-state index in [1.165, 1.54) is 0 Å². The highest BCUT2D eigenvalue weighted by Crippen LogP contribution is 2.29. The van der Waals surface area contributed by atoms with Gasteiger partial charge in [-0.25, -0.2) is 4.68 Å². The number of rotatable bonds is 6. The highest BCUT2D eigenvalue weighted by atomic mass is 16.5. The number of tetrazole rings is 1. The average molecular weight is 263 g/mol. The Hall–Kier alpha value is -2.15. The van der Waals surface area contributed by atoms with Gasteiger partial charge in [0.1, 0.15) is 5.75 Å². The Labute approximate surface area is 111 Å². The molecule has 0 atom stereocenters. The Morgan fingerprint density at radius 3 is 2.89 bits per heavy atom. The molecule has 0 saturated carbocycles. The Morgan fingerprint density at radius 1 is 1.32 bits per heavy atom. The molecule has 0 aliphatic rings.